The molecule has 1 aliphatic rings. The monoisotopic (exact) mass is 187 g/mol. The second-order valence-electron chi connectivity index (χ2n) is 2.61. The quantitative estimate of drug-likeness (QED) is 0.605. The fourth-order valence-electron chi connectivity index (χ4n) is 1.08. The Morgan fingerprint density at radius 1 is 1.77 bits per heavy atom. The summed E-state index contributed by atoms with van der Waals surface area (Å²) in [6, 6.07) is 0. The van der Waals surface area contributed by atoms with Crippen molar-refractivity contribution in [2.75, 3.05) is 13.7 Å². The first-order chi connectivity index (χ1) is 6.27. The smallest absolute Gasteiger partial charge is 0.314 e. The van der Waals surface area contributed by atoms with E-state index in [1.807, 2.05) is 6.92 Å². The van der Waals surface area contributed by atoms with Gasteiger partial charge >= 0.3 is 5.97 Å². The van der Waals surface area contributed by atoms with E-state index in [-0.39, 0.29) is 11.9 Å². The zero-order valence-electron chi connectivity index (χ0n) is 7.73. The molecule has 0 N–H and O–H groups in total. The topological polar surface area (TPSA) is 57.1 Å². The molecule has 0 aromatic carbocycles. The maximum atomic E-state index is 11.1. The van der Waals surface area contributed by atoms with Crippen LogP contribution in [0, 0.1) is 5.92 Å². The Balaban J connectivity index is 2.46. The van der Waals surface area contributed by atoms with Gasteiger partial charge < -0.3 is 14.3 Å². The Morgan fingerprint density at radius 3 is 3.15 bits per heavy atom. The minimum absolute atomic E-state index is 0.309. The van der Waals surface area contributed by atoms with Gasteiger partial charge in [0.1, 0.15) is 5.92 Å². The SMILES string of the molecule is CCOC1CC(C(=O)OC)C=NO1. The van der Waals surface area contributed by atoms with Crippen LogP contribution in [-0.2, 0) is 19.1 Å². The molecule has 0 bridgehead atoms. The third-order valence-corrected chi connectivity index (χ3v) is 1.72. The summed E-state index contributed by atoms with van der Waals surface area (Å²) in [5.41, 5.74) is 0. The highest BCUT2D eigenvalue weighted by Crippen LogP contribution is 2.15. The molecular weight excluding hydrogens is 174 g/mol. The third-order valence-electron chi connectivity index (χ3n) is 1.72. The Hall–Kier alpha value is -1.10. The molecule has 0 aromatic rings. The highest BCUT2D eigenvalue weighted by atomic mass is 16.8. The lowest BCUT2D eigenvalue weighted by molar-refractivity contribution is -0.165. The number of rotatable bonds is 3. The molecule has 0 aromatic heterocycles. The number of nitrogens with zero attached hydrogens (tertiary/aromatic N) is 1. The molecule has 5 heteroatoms. The number of esters is 1. The molecule has 1 aliphatic heterocycles. The van der Waals surface area contributed by atoms with Crippen LogP contribution in [0.2, 0.25) is 0 Å². The fourth-order valence-corrected chi connectivity index (χ4v) is 1.08. The summed E-state index contributed by atoms with van der Waals surface area (Å²) >= 11 is 0. The molecule has 0 radical (unpaired) electrons. The molecule has 0 spiro atoms. The summed E-state index contributed by atoms with van der Waals surface area (Å²) in [5, 5.41) is 3.58. The van der Waals surface area contributed by atoms with Crippen LogP contribution in [0.3, 0.4) is 0 Å². The number of oxime groups is 1. The molecule has 1 rings (SSSR count). The number of hydrogen-bond acceptors (Lipinski definition) is 5. The van der Waals surface area contributed by atoms with Crippen LogP contribution < -0.4 is 0 Å². The van der Waals surface area contributed by atoms with Crippen molar-refractivity contribution >= 4 is 12.2 Å². The molecule has 0 saturated carbocycles. The second-order valence-corrected chi connectivity index (χ2v) is 2.61. The van der Waals surface area contributed by atoms with Gasteiger partial charge in [0, 0.05) is 13.0 Å². The Kier molecular flexibility index (Phi) is 3.70. The predicted octanol–water partition coefficient (Wildman–Crippen LogP) is 0.544. The van der Waals surface area contributed by atoms with Crippen molar-refractivity contribution in [3.8, 4) is 0 Å². The van der Waals surface area contributed by atoms with Crippen molar-refractivity contribution in [3.63, 3.8) is 0 Å². The van der Waals surface area contributed by atoms with Gasteiger partial charge in [0.25, 0.3) is 0 Å². The Bertz CT molecular complexity index is 204. The number of methoxy groups -OCH3 is 1. The minimum Gasteiger partial charge on any atom is -0.469 e. The zero-order chi connectivity index (χ0) is 9.68. The van der Waals surface area contributed by atoms with Crippen molar-refractivity contribution in [1.29, 1.82) is 0 Å². The summed E-state index contributed by atoms with van der Waals surface area (Å²) in [6.07, 6.45) is 1.46. The van der Waals surface area contributed by atoms with E-state index in [4.69, 9.17) is 9.57 Å². The van der Waals surface area contributed by atoms with Gasteiger partial charge in [0.05, 0.1) is 13.3 Å². The van der Waals surface area contributed by atoms with Gasteiger partial charge in [0.2, 0.25) is 6.29 Å². The average molecular weight is 187 g/mol. The average Bonchev–Trinajstić information content (AvgIpc) is 2.18. The number of carbonyl (C=O) groups is 1. The van der Waals surface area contributed by atoms with Crippen LogP contribution in [-0.4, -0.2) is 32.2 Å². The van der Waals surface area contributed by atoms with E-state index in [9.17, 15) is 4.79 Å². The highest BCUT2D eigenvalue weighted by molar-refractivity contribution is 5.89. The van der Waals surface area contributed by atoms with E-state index in [0.717, 1.165) is 0 Å². The first-order valence-electron chi connectivity index (χ1n) is 4.16. The van der Waals surface area contributed by atoms with Crippen molar-refractivity contribution in [2.24, 2.45) is 11.1 Å². The molecule has 5 nitrogen and oxygen atoms in total. The van der Waals surface area contributed by atoms with Crippen LogP contribution >= 0.6 is 0 Å². The van der Waals surface area contributed by atoms with Gasteiger partial charge in [-0.1, -0.05) is 5.16 Å². The molecular formula is C8H13NO4. The summed E-state index contributed by atoms with van der Waals surface area (Å²) in [5.74, 6) is -0.660. The van der Waals surface area contributed by atoms with Gasteiger partial charge in [0.15, 0.2) is 0 Å². The predicted molar refractivity (Wildman–Crippen MR) is 45.1 cm³/mol. The van der Waals surface area contributed by atoms with Gasteiger partial charge in [-0.25, -0.2) is 0 Å². The van der Waals surface area contributed by atoms with E-state index in [0.29, 0.717) is 13.0 Å². The molecule has 13 heavy (non-hydrogen) atoms. The van der Waals surface area contributed by atoms with Crippen LogP contribution in [0.25, 0.3) is 0 Å². The van der Waals surface area contributed by atoms with Gasteiger partial charge in [-0.2, -0.15) is 0 Å². The Morgan fingerprint density at radius 2 is 2.54 bits per heavy atom. The molecule has 0 fully saturated rings. The van der Waals surface area contributed by atoms with E-state index in [1.54, 1.807) is 0 Å². The van der Waals surface area contributed by atoms with Crippen LogP contribution in [0.5, 0.6) is 0 Å². The third kappa shape index (κ3) is 2.69. The zero-order valence-corrected chi connectivity index (χ0v) is 7.73. The molecule has 0 saturated heterocycles. The molecule has 2 atom stereocenters. The maximum Gasteiger partial charge on any atom is 0.314 e. The lowest BCUT2D eigenvalue weighted by Gasteiger charge is -2.21. The first kappa shape index (κ1) is 9.98. The van der Waals surface area contributed by atoms with Crippen LogP contribution in [0.4, 0.5) is 0 Å². The summed E-state index contributed by atoms with van der Waals surface area (Å²) in [6.45, 7) is 2.39. The van der Waals surface area contributed by atoms with Gasteiger partial charge in [-0.05, 0) is 6.92 Å². The van der Waals surface area contributed by atoms with Gasteiger partial charge in [-0.3, -0.25) is 4.79 Å². The molecule has 74 valence electrons. The highest BCUT2D eigenvalue weighted by Gasteiger charge is 2.27. The fraction of sp³-hybridized carbons (Fsp3) is 0.750. The van der Waals surface area contributed by atoms with E-state index in [2.05, 4.69) is 9.89 Å². The number of carbonyl (C=O) groups excluding carboxylic acids is 1. The summed E-state index contributed by atoms with van der Waals surface area (Å²) < 4.78 is 9.74. The standard InChI is InChI=1S/C8H13NO4/c1-3-12-7-4-6(5-9-13-7)8(10)11-2/h5-7H,3-4H2,1-2H3. The van der Waals surface area contributed by atoms with Crippen molar-refractivity contribution in [2.45, 2.75) is 19.6 Å². The second kappa shape index (κ2) is 4.81. The van der Waals surface area contributed by atoms with E-state index < -0.39 is 6.29 Å². The number of ether oxygens (including phenoxy) is 2. The lowest BCUT2D eigenvalue weighted by atomic mass is 10.1. The normalized spacial score (nSPS) is 26.6. The lowest BCUT2D eigenvalue weighted by Crippen LogP contribution is -2.29. The summed E-state index contributed by atoms with van der Waals surface area (Å²) in [7, 11) is 1.35. The first-order valence-corrected chi connectivity index (χ1v) is 4.16. The van der Waals surface area contributed by atoms with Crippen LogP contribution in [0.15, 0.2) is 5.16 Å². The largest absolute Gasteiger partial charge is 0.469 e. The van der Waals surface area contributed by atoms with E-state index >= 15 is 0 Å². The maximum absolute atomic E-state index is 11.1. The molecule has 0 aliphatic carbocycles. The van der Waals surface area contributed by atoms with E-state index in [1.165, 1.54) is 13.3 Å². The van der Waals surface area contributed by atoms with Crippen molar-refractivity contribution in [1.82, 2.24) is 0 Å². The van der Waals surface area contributed by atoms with Crippen LogP contribution in [0.1, 0.15) is 13.3 Å². The molecule has 2 unspecified atom stereocenters. The van der Waals surface area contributed by atoms with Crippen molar-refractivity contribution in [3.05, 3.63) is 0 Å². The van der Waals surface area contributed by atoms with Crippen molar-refractivity contribution < 1.29 is 19.1 Å². The minimum atomic E-state index is -0.431. The Labute approximate surface area is 76.6 Å². The molecule has 0 amide bonds. The van der Waals surface area contributed by atoms with Gasteiger partial charge in [-0.15, -0.1) is 0 Å². The summed E-state index contributed by atoms with van der Waals surface area (Å²) in [4.78, 5) is 16.0. The number of hydrogen-bond donors (Lipinski definition) is 0. The molecule has 1 heterocycles.